The Hall–Kier alpha value is 0.481. The lowest BCUT2D eigenvalue weighted by Gasteiger charge is -2.38. The lowest BCUT2D eigenvalue weighted by Crippen LogP contribution is -2.52. The molecule has 51 heavy (non-hydrogen) atoms. The van der Waals surface area contributed by atoms with Crippen LogP contribution in [0.5, 0.6) is 0 Å². The van der Waals surface area contributed by atoms with E-state index in [-0.39, 0.29) is 0 Å². The van der Waals surface area contributed by atoms with E-state index in [4.69, 9.17) is 60.3 Å². The predicted molar refractivity (Wildman–Crippen MR) is 212 cm³/mol. The van der Waals surface area contributed by atoms with E-state index in [1.54, 1.807) is 7.11 Å². The maximum atomic E-state index is 6.60. The number of hydrogen-bond donors (Lipinski definition) is 0. The minimum Gasteiger partial charge on any atom is -0.437 e. The second kappa shape index (κ2) is 36.1. The van der Waals surface area contributed by atoms with Gasteiger partial charge in [0.1, 0.15) is 0 Å². The summed E-state index contributed by atoms with van der Waals surface area (Å²) in [6.45, 7) is 27.5. The zero-order valence-electron chi connectivity index (χ0n) is 33.6. The molecule has 0 unspecified atom stereocenters. The summed E-state index contributed by atoms with van der Waals surface area (Å²) < 4.78 is 73.1. The largest absolute Gasteiger partial charge is 0.437 e. The van der Waals surface area contributed by atoms with Crippen LogP contribution in [0.25, 0.3) is 0 Å². The Balaban J connectivity index is 3.27. The molecule has 0 N–H and O–H groups in total. The van der Waals surface area contributed by atoms with Crippen molar-refractivity contribution in [3.63, 3.8) is 0 Å². The topological polar surface area (TPSA) is 120 Å². The molecule has 0 rings (SSSR count). The fourth-order valence-corrected chi connectivity index (χ4v) is 18.2. The van der Waals surface area contributed by atoms with Crippen LogP contribution in [-0.2, 0) is 60.3 Å². The van der Waals surface area contributed by atoms with Crippen molar-refractivity contribution in [3.05, 3.63) is 0 Å². The average Bonchev–Trinajstić information content (AvgIpc) is 3.04. The van der Waals surface area contributed by atoms with Crippen LogP contribution >= 0.6 is 11.8 Å². The third-order valence-corrected chi connectivity index (χ3v) is 17.1. The molecular formula is C34H76O13SSi3. The zero-order valence-corrected chi connectivity index (χ0v) is 37.4. The summed E-state index contributed by atoms with van der Waals surface area (Å²) in [6, 6.07) is 1.08. The SMILES string of the molecule is COCCOCCOCCOCCOCCOCCOCCOCCOCCOCCOCCCSCCC[Si](C)(O[Si](C)(C)C)O[Si](C)(C)C. The summed E-state index contributed by atoms with van der Waals surface area (Å²) >= 11 is 2.00. The van der Waals surface area contributed by atoms with Crippen LogP contribution in [-0.4, -0.2) is 183 Å². The van der Waals surface area contributed by atoms with Crippen LogP contribution in [0.3, 0.4) is 0 Å². The quantitative estimate of drug-likeness (QED) is 0.0602. The van der Waals surface area contributed by atoms with E-state index >= 15 is 0 Å². The number of thioether (sulfide) groups is 1. The van der Waals surface area contributed by atoms with Gasteiger partial charge in [-0.3, -0.25) is 0 Å². The van der Waals surface area contributed by atoms with Gasteiger partial charge in [0.2, 0.25) is 0 Å². The van der Waals surface area contributed by atoms with E-state index in [1.165, 1.54) is 0 Å². The Morgan fingerprint density at radius 3 is 0.863 bits per heavy atom. The zero-order chi connectivity index (χ0) is 37.8. The summed E-state index contributed by atoms with van der Waals surface area (Å²) in [5.41, 5.74) is 0. The minimum absolute atomic E-state index is 0.519. The molecule has 0 radical (unpaired) electrons. The first kappa shape index (κ1) is 51.5. The fourth-order valence-electron chi connectivity index (χ4n) is 4.50. The normalized spacial score (nSPS) is 12.7. The van der Waals surface area contributed by atoms with Crippen molar-refractivity contribution in [1.82, 2.24) is 0 Å². The number of hydrogen-bond acceptors (Lipinski definition) is 14. The molecule has 17 heteroatoms. The molecule has 0 aromatic carbocycles. The van der Waals surface area contributed by atoms with Gasteiger partial charge in [-0.2, -0.15) is 11.8 Å². The van der Waals surface area contributed by atoms with E-state index in [0.29, 0.717) is 132 Å². The molecule has 0 aliphatic rings. The molecule has 0 aromatic heterocycles. The Morgan fingerprint density at radius 2 is 0.588 bits per heavy atom. The first-order valence-corrected chi connectivity index (χ1v) is 29.2. The van der Waals surface area contributed by atoms with Crippen LogP contribution < -0.4 is 0 Å². The summed E-state index contributed by atoms with van der Waals surface area (Å²) in [7, 11) is -3.70. The van der Waals surface area contributed by atoms with Crippen LogP contribution in [0.15, 0.2) is 0 Å². The lowest BCUT2D eigenvalue weighted by molar-refractivity contribution is -0.0270. The first-order chi connectivity index (χ1) is 24.5. The summed E-state index contributed by atoms with van der Waals surface area (Å²) in [4.78, 5) is 0. The monoisotopic (exact) mass is 808 g/mol. The third-order valence-electron chi connectivity index (χ3n) is 6.32. The van der Waals surface area contributed by atoms with Gasteiger partial charge in [0.25, 0.3) is 0 Å². The van der Waals surface area contributed by atoms with Crippen molar-refractivity contribution in [2.45, 2.75) is 64.7 Å². The van der Waals surface area contributed by atoms with Crippen LogP contribution in [0.4, 0.5) is 0 Å². The average molecular weight is 809 g/mol. The van der Waals surface area contributed by atoms with Crippen molar-refractivity contribution >= 4 is 37.0 Å². The lowest BCUT2D eigenvalue weighted by atomic mass is 10.5. The highest BCUT2D eigenvalue weighted by Crippen LogP contribution is 2.26. The molecule has 0 amide bonds. The van der Waals surface area contributed by atoms with E-state index in [9.17, 15) is 0 Å². The highest BCUT2D eigenvalue weighted by Gasteiger charge is 2.39. The highest BCUT2D eigenvalue weighted by molar-refractivity contribution is 7.99. The fraction of sp³-hybridized carbons (Fsp3) is 1.00. The summed E-state index contributed by atoms with van der Waals surface area (Å²) in [5.74, 6) is 2.25. The second-order valence-electron chi connectivity index (χ2n) is 13.7. The highest BCUT2D eigenvalue weighted by atomic mass is 32.2. The van der Waals surface area contributed by atoms with Crippen molar-refractivity contribution in [3.8, 4) is 0 Å². The molecule has 0 fully saturated rings. The predicted octanol–water partition coefficient (Wildman–Crippen LogP) is 5.09. The maximum Gasteiger partial charge on any atom is 0.314 e. The van der Waals surface area contributed by atoms with E-state index in [0.717, 1.165) is 37.0 Å². The number of methoxy groups -OCH3 is 1. The Kier molecular flexibility index (Phi) is 36.5. The molecule has 308 valence electrons. The van der Waals surface area contributed by atoms with Crippen molar-refractivity contribution in [2.24, 2.45) is 0 Å². The summed E-state index contributed by atoms with van der Waals surface area (Å²) in [6.07, 6.45) is 2.20. The molecule has 0 aliphatic heterocycles. The van der Waals surface area contributed by atoms with Crippen molar-refractivity contribution < 1.29 is 60.3 Å². The number of rotatable bonds is 42. The van der Waals surface area contributed by atoms with E-state index in [1.807, 2.05) is 11.8 Å². The minimum atomic E-state index is -2.11. The van der Waals surface area contributed by atoms with E-state index in [2.05, 4.69) is 45.8 Å². The van der Waals surface area contributed by atoms with Gasteiger partial charge >= 0.3 is 8.56 Å². The van der Waals surface area contributed by atoms with Gasteiger partial charge in [-0.05, 0) is 76.2 Å². The van der Waals surface area contributed by atoms with E-state index < -0.39 is 25.2 Å². The molecule has 0 saturated carbocycles. The smallest absolute Gasteiger partial charge is 0.314 e. The van der Waals surface area contributed by atoms with Gasteiger partial charge in [0.05, 0.1) is 132 Å². The molecule has 0 aromatic rings. The van der Waals surface area contributed by atoms with Crippen LogP contribution in [0.1, 0.15) is 12.8 Å². The van der Waals surface area contributed by atoms with Gasteiger partial charge in [-0.25, -0.2) is 0 Å². The first-order valence-electron chi connectivity index (χ1n) is 18.7. The van der Waals surface area contributed by atoms with Gasteiger partial charge in [0, 0.05) is 13.7 Å². The van der Waals surface area contributed by atoms with Crippen LogP contribution in [0, 0.1) is 0 Å². The molecule has 0 aliphatic carbocycles. The van der Waals surface area contributed by atoms with Gasteiger partial charge in [-0.1, -0.05) is 0 Å². The van der Waals surface area contributed by atoms with Crippen LogP contribution in [0.2, 0.25) is 51.9 Å². The molecule has 13 nitrogen and oxygen atoms in total. The Morgan fingerprint density at radius 1 is 0.333 bits per heavy atom. The molecule has 0 spiro atoms. The van der Waals surface area contributed by atoms with Gasteiger partial charge in [0.15, 0.2) is 16.6 Å². The molecule has 0 bridgehead atoms. The Bertz CT molecular complexity index is 706. The Labute approximate surface area is 318 Å². The third kappa shape index (κ3) is 43.1. The van der Waals surface area contributed by atoms with Gasteiger partial charge in [-0.15, -0.1) is 0 Å². The number of ether oxygens (including phenoxy) is 11. The molecular weight excluding hydrogens is 733 g/mol. The second-order valence-corrected chi connectivity index (χ2v) is 27.8. The van der Waals surface area contributed by atoms with Crippen molar-refractivity contribution in [1.29, 1.82) is 0 Å². The maximum absolute atomic E-state index is 6.60. The molecule has 0 heterocycles. The van der Waals surface area contributed by atoms with Crippen molar-refractivity contribution in [2.75, 3.05) is 157 Å². The molecule has 0 atom stereocenters. The van der Waals surface area contributed by atoms with Gasteiger partial charge < -0.3 is 60.3 Å². The molecule has 0 saturated heterocycles. The standard InChI is InChI=1S/C34H76O13SSi3/c1-35-12-13-37-16-17-39-20-21-41-24-25-43-28-29-45-31-30-44-27-26-42-23-22-40-19-18-38-15-14-36-11-9-32-48-33-10-34-51(8,46-49(2,3)4)47-50(5,6)7/h9-34H2,1-8H3. The summed E-state index contributed by atoms with van der Waals surface area (Å²) in [5, 5.41) is 0.